The van der Waals surface area contributed by atoms with E-state index in [-0.39, 0.29) is 19.0 Å². The summed E-state index contributed by atoms with van der Waals surface area (Å²) in [6, 6.07) is 11.9. The molecule has 1 aliphatic rings. The number of carbonyl (C=O) groups is 2. The third-order valence-corrected chi connectivity index (χ3v) is 3.53. The molecule has 0 aliphatic carbocycles. The molecule has 118 valence electrons. The number of imide groups is 1. The summed E-state index contributed by atoms with van der Waals surface area (Å²) in [7, 11) is 0. The molecular formula is C17H14FNO4. The van der Waals surface area contributed by atoms with Gasteiger partial charge in [0.15, 0.2) is 0 Å². The monoisotopic (exact) mass is 315 g/mol. The average molecular weight is 315 g/mol. The second kappa shape index (κ2) is 6.18. The molecule has 1 heterocycles. The number of benzene rings is 2. The third-order valence-electron chi connectivity index (χ3n) is 3.53. The Kier molecular flexibility index (Phi) is 4.08. The summed E-state index contributed by atoms with van der Waals surface area (Å²) >= 11 is 0. The first-order valence-electron chi connectivity index (χ1n) is 7.08. The van der Waals surface area contributed by atoms with E-state index in [9.17, 15) is 19.1 Å². The smallest absolute Gasteiger partial charge is 0.261 e. The van der Waals surface area contributed by atoms with Crippen molar-refractivity contribution in [2.75, 3.05) is 13.2 Å². The fraction of sp³-hybridized carbons (Fsp3) is 0.176. The Labute approximate surface area is 131 Å². The fourth-order valence-corrected chi connectivity index (χ4v) is 2.39. The molecule has 0 spiro atoms. The van der Waals surface area contributed by atoms with E-state index in [0.717, 1.165) is 4.90 Å². The van der Waals surface area contributed by atoms with Crippen LogP contribution in [-0.2, 0) is 0 Å². The van der Waals surface area contributed by atoms with Crippen molar-refractivity contribution in [2.45, 2.75) is 6.10 Å². The van der Waals surface area contributed by atoms with Gasteiger partial charge in [0, 0.05) is 0 Å². The van der Waals surface area contributed by atoms with Crippen LogP contribution >= 0.6 is 0 Å². The molecule has 2 aromatic carbocycles. The van der Waals surface area contributed by atoms with Gasteiger partial charge in [-0.3, -0.25) is 14.5 Å². The van der Waals surface area contributed by atoms with E-state index in [4.69, 9.17) is 4.74 Å². The Balaban J connectivity index is 1.60. The number of fused-ring (bicyclic) bond motifs is 1. The van der Waals surface area contributed by atoms with Crippen LogP contribution < -0.4 is 4.74 Å². The van der Waals surface area contributed by atoms with Gasteiger partial charge in [-0.25, -0.2) is 4.39 Å². The maximum absolute atomic E-state index is 12.8. The lowest BCUT2D eigenvalue weighted by Crippen LogP contribution is -2.39. The molecule has 6 heteroatoms. The van der Waals surface area contributed by atoms with E-state index in [0.29, 0.717) is 16.9 Å². The van der Waals surface area contributed by atoms with Crippen LogP contribution in [0.1, 0.15) is 20.7 Å². The maximum Gasteiger partial charge on any atom is 0.261 e. The number of nitrogens with zero attached hydrogens (tertiary/aromatic N) is 1. The Morgan fingerprint density at radius 1 is 1.00 bits per heavy atom. The van der Waals surface area contributed by atoms with Crippen molar-refractivity contribution in [3.05, 3.63) is 65.5 Å². The van der Waals surface area contributed by atoms with Gasteiger partial charge in [0.2, 0.25) is 0 Å². The van der Waals surface area contributed by atoms with Crippen LogP contribution in [0, 0.1) is 5.82 Å². The van der Waals surface area contributed by atoms with Crippen molar-refractivity contribution in [3.8, 4) is 5.75 Å². The van der Waals surface area contributed by atoms with Gasteiger partial charge < -0.3 is 9.84 Å². The quantitative estimate of drug-likeness (QED) is 0.855. The summed E-state index contributed by atoms with van der Waals surface area (Å²) in [6.07, 6.45) is -1.04. The first-order chi connectivity index (χ1) is 11.1. The summed E-state index contributed by atoms with van der Waals surface area (Å²) in [5.41, 5.74) is 0.674. The second-order valence-corrected chi connectivity index (χ2v) is 5.19. The van der Waals surface area contributed by atoms with Crippen LogP contribution in [0.25, 0.3) is 0 Å². The van der Waals surface area contributed by atoms with Gasteiger partial charge in [-0.2, -0.15) is 0 Å². The highest BCUT2D eigenvalue weighted by Crippen LogP contribution is 2.22. The normalized spacial score (nSPS) is 14.8. The molecule has 0 saturated carbocycles. The molecule has 0 radical (unpaired) electrons. The maximum atomic E-state index is 12.8. The summed E-state index contributed by atoms with van der Waals surface area (Å²) < 4.78 is 18.1. The first-order valence-corrected chi connectivity index (χ1v) is 7.08. The standard InChI is InChI=1S/C17H14FNO4/c18-11-5-7-13(8-6-11)23-10-12(20)9-19-16(21)14-3-1-2-4-15(14)17(19)22/h1-8,12,20H,9-10H2. The number of hydrogen-bond donors (Lipinski definition) is 1. The number of hydrogen-bond acceptors (Lipinski definition) is 4. The van der Waals surface area contributed by atoms with E-state index in [1.165, 1.54) is 24.3 Å². The predicted octanol–water partition coefficient (Wildman–Crippen LogP) is 1.86. The highest BCUT2D eigenvalue weighted by molar-refractivity contribution is 6.21. The van der Waals surface area contributed by atoms with E-state index in [2.05, 4.69) is 0 Å². The predicted molar refractivity (Wildman–Crippen MR) is 79.7 cm³/mol. The van der Waals surface area contributed by atoms with E-state index < -0.39 is 17.9 Å². The zero-order chi connectivity index (χ0) is 16.4. The lowest BCUT2D eigenvalue weighted by Gasteiger charge is -2.18. The highest BCUT2D eigenvalue weighted by Gasteiger charge is 2.36. The van der Waals surface area contributed by atoms with Crippen molar-refractivity contribution in [1.82, 2.24) is 4.90 Å². The van der Waals surface area contributed by atoms with Crippen molar-refractivity contribution in [3.63, 3.8) is 0 Å². The van der Waals surface area contributed by atoms with Gasteiger partial charge in [-0.1, -0.05) is 12.1 Å². The summed E-state index contributed by atoms with van der Waals surface area (Å²) in [5.74, 6) is -0.838. The molecule has 2 aromatic rings. The van der Waals surface area contributed by atoms with Crippen LogP contribution in [0.3, 0.4) is 0 Å². The van der Waals surface area contributed by atoms with E-state index in [1.54, 1.807) is 24.3 Å². The van der Waals surface area contributed by atoms with Gasteiger partial charge in [0.1, 0.15) is 24.3 Å². The Hall–Kier alpha value is -2.73. The lowest BCUT2D eigenvalue weighted by molar-refractivity contribution is 0.0456. The van der Waals surface area contributed by atoms with Gasteiger partial charge >= 0.3 is 0 Å². The highest BCUT2D eigenvalue weighted by atomic mass is 19.1. The summed E-state index contributed by atoms with van der Waals surface area (Å²) in [6.45, 7) is -0.271. The number of rotatable bonds is 5. The Morgan fingerprint density at radius 3 is 2.13 bits per heavy atom. The van der Waals surface area contributed by atoms with Gasteiger partial charge in [-0.15, -0.1) is 0 Å². The van der Waals surface area contributed by atoms with Crippen LogP contribution in [0.15, 0.2) is 48.5 Å². The minimum Gasteiger partial charge on any atom is -0.491 e. The number of carbonyl (C=O) groups excluding carboxylic acids is 2. The second-order valence-electron chi connectivity index (χ2n) is 5.19. The number of halogens is 1. The van der Waals surface area contributed by atoms with E-state index >= 15 is 0 Å². The van der Waals surface area contributed by atoms with E-state index in [1.807, 2.05) is 0 Å². The number of aliphatic hydroxyl groups is 1. The van der Waals surface area contributed by atoms with Crippen molar-refractivity contribution in [2.24, 2.45) is 0 Å². The van der Waals surface area contributed by atoms with Crippen molar-refractivity contribution < 1.29 is 23.8 Å². The molecule has 3 rings (SSSR count). The molecule has 0 bridgehead atoms. The van der Waals surface area contributed by atoms with Crippen LogP contribution in [0.5, 0.6) is 5.75 Å². The van der Waals surface area contributed by atoms with Crippen LogP contribution in [-0.4, -0.2) is 41.1 Å². The lowest BCUT2D eigenvalue weighted by atomic mass is 10.1. The Bertz CT molecular complexity index is 710. The molecular weight excluding hydrogens is 301 g/mol. The topological polar surface area (TPSA) is 66.8 Å². The first kappa shape index (κ1) is 15.2. The molecule has 0 aromatic heterocycles. The largest absolute Gasteiger partial charge is 0.491 e. The number of ether oxygens (including phenoxy) is 1. The van der Waals surface area contributed by atoms with Crippen molar-refractivity contribution in [1.29, 1.82) is 0 Å². The van der Waals surface area contributed by atoms with Gasteiger partial charge in [-0.05, 0) is 36.4 Å². The number of amides is 2. The fourth-order valence-electron chi connectivity index (χ4n) is 2.39. The third kappa shape index (κ3) is 3.07. The molecule has 1 atom stereocenters. The van der Waals surface area contributed by atoms with Gasteiger partial charge in [0.25, 0.3) is 11.8 Å². The molecule has 1 aliphatic heterocycles. The molecule has 2 amide bonds. The molecule has 1 N–H and O–H groups in total. The molecule has 23 heavy (non-hydrogen) atoms. The minimum atomic E-state index is -1.04. The van der Waals surface area contributed by atoms with Crippen LogP contribution in [0.2, 0.25) is 0 Å². The van der Waals surface area contributed by atoms with Gasteiger partial charge in [0.05, 0.1) is 17.7 Å². The summed E-state index contributed by atoms with van der Waals surface area (Å²) in [4.78, 5) is 25.3. The molecule has 0 fully saturated rings. The van der Waals surface area contributed by atoms with Crippen LogP contribution in [0.4, 0.5) is 4.39 Å². The SMILES string of the molecule is O=C1c2ccccc2C(=O)N1CC(O)COc1ccc(F)cc1. The zero-order valence-corrected chi connectivity index (χ0v) is 12.1. The molecule has 1 unspecified atom stereocenters. The number of aliphatic hydroxyl groups excluding tert-OH is 1. The zero-order valence-electron chi connectivity index (χ0n) is 12.1. The molecule has 0 saturated heterocycles. The van der Waals surface area contributed by atoms with Crippen molar-refractivity contribution >= 4 is 11.8 Å². The number of β-amino-alcohol motifs (C(OH)–C–C–N with tert-alkyl or cyclic N) is 1. The summed E-state index contributed by atoms with van der Waals surface area (Å²) in [5, 5.41) is 9.99. The molecule has 5 nitrogen and oxygen atoms in total. The Morgan fingerprint density at radius 2 is 1.57 bits per heavy atom. The average Bonchev–Trinajstić information content (AvgIpc) is 2.80. The minimum absolute atomic E-state index is 0.112.